The van der Waals surface area contributed by atoms with Crippen molar-refractivity contribution >= 4 is 34.4 Å². The van der Waals surface area contributed by atoms with Crippen LogP contribution in [0.5, 0.6) is 0 Å². The van der Waals surface area contributed by atoms with Gasteiger partial charge >= 0.3 is 0 Å². The first-order valence-electron chi connectivity index (χ1n) is 6.91. The molecule has 0 aliphatic rings. The molecule has 0 saturated carbocycles. The maximum atomic E-state index is 12.0. The fraction of sp³-hybridized carbons (Fsp3) is 0.500. The average molecular weight is 307 g/mol. The second kappa shape index (κ2) is 6.91. The Kier molecular flexibility index (Phi) is 5.19. The minimum absolute atomic E-state index is 0.179. The van der Waals surface area contributed by atoms with E-state index in [1.165, 1.54) is 0 Å². The smallest absolute Gasteiger partial charge is 0.241 e. The molecule has 0 aromatic carbocycles. The summed E-state index contributed by atoms with van der Waals surface area (Å²) in [6.45, 7) is 4.10. The van der Waals surface area contributed by atoms with Gasteiger partial charge in [-0.25, -0.2) is 9.67 Å². The van der Waals surface area contributed by atoms with Crippen molar-refractivity contribution in [2.75, 3.05) is 17.3 Å². The topological polar surface area (TPSA) is 85.8 Å². The van der Waals surface area contributed by atoms with Crippen molar-refractivity contribution in [2.45, 2.75) is 32.4 Å². The van der Waals surface area contributed by atoms with Gasteiger partial charge in [-0.05, 0) is 38.3 Å². The lowest BCUT2D eigenvalue weighted by Crippen LogP contribution is -2.36. The molecule has 114 valence electrons. The van der Waals surface area contributed by atoms with Crippen LogP contribution in [0.4, 0.5) is 5.69 Å². The second-order valence-corrected chi connectivity index (χ2v) is 6.18. The zero-order valence-electron chi connectivity index (χ0n) is 12.5. The van der Waals surface area contributed by atoms with Gasteiger partial charge in [0.15, 0.2) is 5.65 Å². The lowest BCUT2D eigenvalue weighted by atomic mass is 10.2. The Hall–Kier alpha value is -1.60. The molecule has 2 aromatic rings. The summed E-state index contributed by atoms with van der Waals surface area (Å²) in [7, 11) is 0. The lowest BCUT2D eigenvalue weighted by Gasteiger charge is -2.11. The summed E-state index contributed by atoms with van der Waals surface area (Å²) in [5.41, 5.74) is 7.31. The summed E-state index contributed by atoms with van der Waals surface area (Å²) in [4.78, 5) is 16.4. The van der Waals surface area contributed by atoms with Crippen molar-refractivity contribution in [3.8, 4) is 0 Å². The number of aromatic nitrogens is 3. The molecule has 0 unspecified atom stereocenters. The molecule has 7 heteroatoms. The molecule has 3 N–H and O–H groups in total. The number of nitrogens with zero attached hydrogens (tertiary/aromatic N) is 3. The molecular formula is C14H21N5OS. The summed E-state index contributed by atoms with van der Waals surface area (Å²) in [6.07, 6.45) is 6.05. The van der Waals surface area contributed by atoms with E-state index < -0.39 is 6.04 Å². The monoisotopic (exact) mass is 307 g/mol. The number of fused-ring (bicyclic) bond motifs is 1. The van der Waals surface area contributed by atoms with Gasteiger partial charge in [-0.1, -0.05) is 0 Å². The van der Waals surface area contributed by atoms with Crippen molar-refractivity contribution in [1.82, 2.24) is 14.8 Å². The number of thioether (sulfide) groups is 1. The molecule has 2 rings (SSSR count). The first-order valence-corrected chi connectivity index (χ1v) is 8.31. The molecule has 1 atom stereocenters. The number of amides is 1. The van der Waals surface area contributed by atoms with Crippen LogP contribution < -0.4 is 11.1 Å². The predicted octanol–water partition coefficient (Wildman–Crippen LogP) is 2.03. The molecule has 21 heavy (non-hydrogen) atoms. The average Bonchev–Trinajstić information content (AvgIpc) is 2.87. The van der Waals surface area contributed by atoms with Crippen LogP contribution in [0.15, 0.2) is 18.5 Å². The molecule has 0 fully saturated rings. The Morgan fingerprint density at radius 2 is 2.24 bits per heavy atom. The Morgan fingerprint density at radius 1 is 1.48 bits per heavy atom. The summed E-state index contributed by atoms with van der Waals surface area (Å²) < 4.78 is 1.85. The number of hydrogen-bond acceptors (Lipinski definition) is 5. The number of carbonyl (C=O) groups excluding carboxylic acids is 1. The van der Waals surface area contributed by atoms with Crippen LogP contribution >= 0.6 is 11.8 Å². The Bertz CT molecular complexity index is 625. The Morgan fingerprint density at radius 3 is 2.90 bits per heavy atom. The fourth-order valence-corrected chi connectivity index (χ4v) is 2.49. The van der Waals surface area contributed by atoms with E-state index in [1.807, 2.05) is 17.0 Å². The normalized spacial score (nSPS) is 12.8. The van der Waals surface area contributed by atoms with E-state index in [0.717, 1.165) is 16.8 Å². The highest BCUT2D eigenvalue weighted by Crippen LogP contribution is 2.19. The quantitative estimate of drug-likeness (QED) is 0.853. The van der Waals surface area contributed by atoms with Crippen LogP contribution in [0.2, 0.25) is 0 Å². The summed E-state index contributed by atoms with van der Waals surface area (Å²) in [6, 6.07) is 1.62. The maximum absolute atomic E-state index is 12.0. The van der Waals surface area contributed by atoms with E-state index in [1.54, 1.807) is 24.2 Å². The molecule has 2 aromatic heterocycles. The van der Waals surface area contributed by atoms with Crippen molar-refractivity contribution in [3.63, 3.8) is 0 Å². The van der Waals surface area contributed by atoms with E-state index in [-0.39, 0.29) is 11.9 Å². The number of carbonyl (C=O) groups is 1. The minimum Gasteiger partial charge on any atom is -0.323 e. The third-order valence-electron chi connectivity index (χ3n) is 3.16. The lowest BCUT2D eigenvalue weighted by molar-refractivity contribution is -0.117. The van der Waals surface area contributed by atoms with E-state index >= 15 is 0 Å². The van der Waals surface area contributed by atoms with Gasteiger partial charge in [0.2, 0.25) is 5.91 Å². The zero-order chi connectivity index (χ0) is 15.4. The molecule has 0 aliphatic carbocycles. The third-order valence-corrected chi connectivity index (χ3v) is 3.80. The Labute approximate surface area is 128 Å². The van der Waals surface area contributed by atoms with Gasteiger partial charge in [0.25, 0.3) is 0 Å². The zero-order valence-corrected chi connectivity index (χ0v) is 13.4. The fourth-order valence-electron chi connectivity index (χ4n) is 2.00. The van der Waals surface area contributed by atoms with Crippen molar-refractivity contribution in [2.24, 2.45) is 5.73 Å². The summed E-state index contributed by atoms with van der Waals surface area (Å²) >= 11 is 1.68. The molecule has 0 radical (unpaired) electrons. The highest BCUT2D eigenvalue weighted by Gasteiger charge is 2.14. The van der Waals surface area contributed by atoms with E-state index in [2.05, 4.69) is 29.2 Å². The number of nitrogens with one attached hydrogen (secondary N) is 1. The van der Waals surface area contributed by atoms with Gasteiger partial charge in [0.1, 0.15) is 0 Å². The minimum atomic E-state index is -0.494. The largest absolute Gasteiger partial charge is 0.323 e. The number of rotatable bonds is 6. The van der Waals surface area contributed by atoms with Gasteiger partial charge < -0.3 is 11.1 Å². The molecule has 0 spiro atoms. The van der Waals surface area contributed by atoms with Gasteiger partial charge in [-0.15, -0.1) is 0 Å². The molecule has 0 saturated heterocycles. The highest BCUT2D eigenvalue weighted by molar-refractivity contribution is 7.98. The number of nitrogens with two attached hydrogens (primary N) is 1. The van der Waals surface area contributed by atoms with Crippen LogP contribution in [0, 0.1) is 0 Å². The van der Waals surface area contributed by atoms with Crippen molar-refractivity contribution in [1.29, 1.82) is 0 Å². The molecule has 2 heterocycles. The summed E-state index contributed by atoms with van der Waals surface area (Å²) in [5, 5.41) is 8.02. The van der Waals surface area contributed by atoms with Crippen LogP contribution in [0.25, 0.3) is 11.0 Å². The van der Waals surface area contributed by atoms with E-state index in [9.17, 15) is 4.79 Å². The molecule has 6 nitrogen and oxygen atoms in total. The van der Waals surface area contributed by atoms with Crippen LogP contribution in [0.1, 0.15) is 26.3 Å². The first kappa shape index (κ1) is 15.8. The van der Waals surface area contributed by atoms with E-state index in [0.29, 0.717) is 12.1 Å². The van der Waals surface area contributed by atoms with Gasteiger partial charge in [0.05, 0.1) is 24.1 Å². The Balaban J connectivity index is 2.11. The molecule has 0 bridgehead atoms. The molecular weight excluding hydrogens is 286 g/mol. The maximum Gasteiger partial charge on any atom is 0.241 e. The standard InChI is InChI=1S/C14H21N5OS/c1-9(2)19-13-10(7-17-19)6-11(8-16-13)18-14(20)12(15)4-5-21-3/h6-9,12H,4-5,15H2,1-3H3,(H,18,20)/t12-/m0/s1. The van der Waals surface area contributed by atoms with E-state index in [4.69, 9.17) is 5.73 Å². The first-order chi connectivity index (χ1) is 10.0. The number of anilines is 1. The molecule has 0 aliphatic heterocycles. The van der Waals surface area contributed by atoms with Crippen LogP contribution in [0.3, 0.4) is 0 Å². The predicted molar refractivity (Wildman–Crippen MR) is 87.5 cm³/mol. The van der Waals surface area contributed by atoms with Crippen LogP contribution in [-0.4, -0.2) is 38.7 Å². The molecule has 1 amide bonds. The SMILES string of the molecule is CSCC[C@H](N)C(=O)Nc1cnc2c(cnn2C(C)C)c1. The second-order valence-electron chi connectivity index (χ2n) is 5.20. The van der Waals surface area contributed by atoms with Gasteiger partial charge in [0, 0.05) is 11.4 Å². The number of pyridine rings is 1. The van der Waals surface area contributed by atoms with Gasteiger partial charge in [-0.2, -0.15) is 16.9 Å². The van der Waals surface area contributed by atoms with Crippen molar-refractivity contribution < 1.29 is 4.79 Å². The third kappa shape index (κ3) is 3.74. The summed E-state index contributed by atoms with van der Waals surface area (Å²) in [5.74, 6) is 0.689. The number of hydrogen-bond donors (Lipinski definition) is 2. The highest BCUT2D eigenvalue weighted by atomic mass is 32.2. The van der Waals surface area contributed by atoms with Gasteiger partial charge in [-0.3, -0.25) is 4.79 Å². The van der Waals surface area contributed by atoms with Crippen LogP contribution in [-0.2, 0) is 4.79 Å². The van der Waals surface area contributed by atoms with Crippen molar-refractivity contribution in [3.05, 3.63) is 18.5 Å².